The maximum atomic E-state index is 11.9. The molecule has 26 heavy (non-hydrogen) atoms. The molecule has 0 unspecified atom stereocenters. The Balaban J connectivity index is 2.80. The van der Waals surface area contributed by atoms with E-state index < -0.39 is 23.8 Å². The Bertz CT molecular complexity index is 518. The first-order chi connectivity index (χ1) is 12.3. The maximum Gasteiger partial charge on any atom is 0.408 e. The number of aliphatic hydroxyl groups excluding tert-OH is 2. The van der Waals surface area contributed by atoms with Gasteiger partial charge in [0.2, 0.25) is 0 Å². The molecule has 1 rings (SSSR count). The van der Waals surface area contributed by atoms with Gasteiger partial charge >= 0.3 is 6.09 Å². The molecule has 0 radical (unpaired) electrons. The summed E-state index contributed by atoms with van der Waals surface area (Å²) in [5.41, 5.74) is 0.328. The van der Waals surface area contributed by atoms with Crippen LogP contribution in [-0.2, 0) is 11.2 Å². The van der Waals surface area contributed by atoms with E-state index in [0.717, 1.165) is 5.56 Å². The van der Waals surface area contributed by atoms with Gasteiger partial charge in [0.25, 0.3) is 0 Å². The van der Waals surface area contributed by atoms with Crippen LogP contribution in [-0.4, -0.2) is 76.9 Å². The highest BCUT2D eigenvalue weighted by Gasteiger charge is 2.37. The predicted octanol–water partition coefficient (Wildman–Crippen LogP) is 1.34. The molecule has 1 aromatic carbocycles. The molecule has 0 aliphatic rings. The van der Waals surface area contributed by atoms with Crippen molar-refractivity contribution in [2.45, 2.75) is 44.9 Å². The Labute approximate surface area is 155 Å². The molecular formula is C19H32N2O5. The van der Waals surface area contributed by atoms with Crippen LogP contribution >= 0.6 is 0 Å². The SMILES string of the molecule is CC(C)(C)N(C(=O)O)[C@@H](Cc1ccccc1)[C@H](O)CNCCOCCO. The molecule has 148 valence electrons. The number of nitrogens with zero attached hydrogens (tertiary/aromatic N) is 1. The molecule has 0 aliphatic carbocycles. The summed E-state index contributed by atoms with van der Waals surface area (Å²) in [5, 5.41) is 32.2. The monoisotopic (exact) mass is 368 g/mol. The van der Waals surface area contributed by atoms with Gasteiger partial charge in [-0.1, -0.05) is 30.3 Å². The average Bonchev–Trinajstić information content (AvgIpc) is 2.56. The van der Waals surface area contributed by atoms with E-state index in [4.69, 9.17) is 9.84 Å². The lowest BCUT2D eigenvalue weighted by atomic mass is 9.94. The molecule has 1 aromatic rings. The Morgan fingerprint density at radius 3 is 2.42 bits per heavy atom. The second kappa shape index (κ2) is 11.1. The van der Waals surface area contributed by atoms with Gasteiger partial charge in [-0.3, -0.25) is 4.90 Å². The smallest absolute Gasteiger partial charge is 0.408 e. The minimum Gasteiger partial charge on any atom is -0.465 e. The van der Waals surface area contributed by atoms with Crippen molar-refractivity contribution in [2.24, 2.45) is 0 Å². The summed E-state index contributed by atoms with van der Waals surface area (Å²) >= 11 is 0. The van der Waals surface area contributed by atoms with E-state index in [9.17, 15) is 15.0 Å². The average molecular weight is 368 g/mol. The minimum atomic E-state index is -1.05. The van der Waals surface area contributed by atoms with Crippen molar-refractivity contribution in [3.8, 4) is 0 Å². The molecule has 0 heterocycles. The summed E-state index contributed by atoms with van der Waals surface area (Å²) in [6, 6.07) is 8.98. The van der Waals surface area contributed by atoms with Gasteiger partial charge in [-0.15, -0.1) is 0 Å². The van der Waals surface area contributed by atoms with Crippen LogP contribution in [0.4, 0.5) is 4.79 Å². The van der Waals surface area contributed by atoms with Crippen molar-refractivity contribution >= 4 is 6.09 Å². The number of hydrogen-bond acceptors (Lipinski definition) is 5. The molecular weight excluding hydrogens is 336 g/mol. The number of carbonyl (C=O) groups is 1. The second-order valence-electron chi connectivity index (χ2n) is 7.19. The van der Waals surface area contributed by atoms with E-state index in [2.05, 4.69) is 5.32 Å². The van der Waals surface area contributed by atoms with E-state index in [1.54, 1.807) is 0 Å². The first-order valence-electron chi connectivity index (χ1n) is 8.91. The van der Waals surface area contributed by atoms with Crippen molar-refractivity contribution in [3.63, 3.8) is 0 Å². The Morgan fingerprint density at radius 2 is 1.88 bits per heavy atom. The maximum absolute atomic E-state index is 11.9. The van der Waals surface area contributed by atoms with E-state index >= 15 is 0 Å². The van der Waals surface area contributed by atoms with E-state index in [1.165, 1.54) is 4.90 Å². The second-order valence-corrected chi connectivity index (χ2v) is 7.19. The van der Waals surface area contributed by atoms with Gasteiger partial charge in [0, 0.05) is 18.6 Å². The minimum absolute atomic E-state index is 0.0269. The summed E-state index contributed by atoms with van der Waals surface area (Å²) in [4.78, 5) is 13.2. The van der Waals surface area contributed by atoms with Crippen molar-refractivity contribution in [2.75, 3.05) is 32.9 Å². The van der Waals surface area contributed by atoms with Crippen LogP contribution in [0.15, 0.2) is 30.3 Å². The van der Waals surface area contributed by atoms with Crippen LogP contribution in [0.3, 0.4) is 0 Å². The highest BCUT2D eigenvalue weighted by Crippen LogP contribution is 2.22. The van der Waals surface area contributed by atoms with E-state index in [1.807, 2.05) is 51.1 Å². The topological polar surface area (TPSA) is 102 Å². The fraction of sp³-hybridized carbons (Fsp3) is 0.632. The number of aliphatic hydroxyl groups is 2. The van der Waals surface area contributed by atoms with Crippen molar-refractivity contribution in [1.82, 2.24) is 10.2 Å². The highest BCUT2D eigenvalue weighted by atomic mass is 16.5. The highest BCUT2D eigenvalue weighted by molar-refractivity contribution is 5.66. The lowest BCUT2D eigenvalue weighted by molar-refractivity contribution is 0.00694. The Kier molecular flexibility index (Phi) is 9.58. The molecule has 2 atom stereocenters. The van der Waals surface area contributed by atoms with Gasteiger partial charge in [0.15, 0.2) is 0 Å². The van der Waals surface area contributed by atoms with Crippen LogP contribution in [0.1, 0.15) is 26.3 Å². The lowest BCUT2D eigenvalue weighted by Gasteiger charge is -2.42. The van der Waals surface area contributed by atoms with Gasteiger partial charge in [0.1, 0.15) is 0 Å². The number of ether oxygens (including phenoxy) is 1. The Morgan fingerprint density at radius 1 is 1.23 bits per heavy atom. The number of hydrogen-bond donors (Lipinski definition) is 4. The van der Waals surface area contributed by atoms with Gasteiger partial charge < -0.3 is 25.4 Å². The van der Waals surface area contributed by atoms with Crippen molar-refractivity contribution in [1.29, 1.82) is 0 Å². The zero-order valence-corrected chi connectivity index (χ0v) is 15.9. The molecule has 0 saturated carbocycles. The summed E-state index contributed by atoms with van der Waals surface area (Å²) in [6.07, 6.45) is -1.50. The molecule has 0 aromatic heterocycles. The van der Waals surface area contributed by atoms with Crippen LogP contribution < -0.4 is 5.32 Å². The summed E-state index contributed by atoms with van der Waals surface area (Å²) in [7, 11) is 0. The lowest BCUT2D eigenvalue weighted by Crippen LogP contribution is -2.58. The molecule has 0 bridgehead atoms. The van der Waals surface area contributed by atoms with Gasteiger partial charge in [-0.05, 0) is 32.8 Å². The normalized spacial score (nSPS) is 14.0. The van der Waals surface area contributed by atoms with Gasteiger partial charge in [-0.2, -0.15) is 0 Å². The molecule has 0 aliphatic heterocycles. The number of amides is 1. The molecule has 1 amide bonds. The van der Waals surface area contributed by atoms with E-state index in [-0.39, 0.29) is 19.8 Å². The van der Waals surface area contributed by atoms with Crippen LogP contribution in [0.25, 0.3) is 0 Å². The fourth-order valence-corrected chi connectivity index (χ4v) is 2.88. The number of carboxylic acid groups (broad SMARTS) is 1. The predicted molar refractivity (Wildman–Crippen MR) is 100 cm³/mol. The fourth-order valence-electron chi connectivity index (χ4n) is 2.88. The first-order valence-corrected chi connectivity index (χ1v) is 8.91. The van der Waals surface area contributed by atoms with Gasteiger partial charge in [-0.25, -0.2) is 4.79 Å². The summed E-state index contributed by atoms with van der Waals surface area (Å²) in [5.74, 6) is 0. The van der Waals surface area contributed by atoms with Crippen molar-refractivity contribution in [3.05, 3.63) is 35.9 Å². The third-order valence-electron chi connectivity index (χ3n) is 4.00. The zero-order valence-electron chi connectivity index (χ0n) is 15.9. The third kappa shape index (κ3) is 7.70. The quantitative estimate of drug-likeness (QED) is 0.440. The zero-order chi connectivity index (χ0) is 19.6. The molecule has 0 fully saturated rings. The third-order valence-corrected chi connectivity index (χ3v) is 4.00. The van der Waals surface area contributed by atoms with Crippen LogP contribution in [0, 0.1) is 0 Å². The molecule has 7 heteroatoms. The van der Waals surface area contributed by atoms with E-state index in [0.29, 0.717) is 19.6 Å². The van der Waals surface area contributed by atoms with Gasteiger partial charge in [0.05, 0.1) is 32.0 Å². The first kappa shape index (κ1) is 22.4. The summed E-state index contributed by atoms with van der Waals surface area (Å²) < 4.78 is 5.16. The Hall–Kier alpha value is -1.67. The molecule has 0 spiro atoms. The largest absolute Gasteiger partial charge is 0.465 e. The molecule has 7 nitrogen and oxygen atoms in total. The molecule has 0 saturated heterocycles. The number of rotatable bonds is 11. The van der Waals surface area contributed by atoms with Crippen molar-refractivity contribution < 1.29 is 24.9 Å². The standard InChI is InChI=1S/C19H32N2O5/c1-19(2,3)21(18(24)25)16(13-15-7-5-4-6-8-15)17(23)14-20-9-11-26-12-10-22/h4-8,16-17,20,22-23H,9-14H2,1-3H3,(H,24,25)/t16-,17+/m0/s1. The molecule has 4 N–H and O–H groups in total. The van der Waals surface area contributed by atoms with Crippen LogP contribution in [0.5, 0.6) is 0 Å². The summed E-state index contributed by atoms with van der Waals surface area (Å²) in [6.45, 7) is 6.89. The number of nitrogens with one attached hydrogen (secondary N) is 1. The number of benzene rings is 1. The van der Waals surface area contributed by atoms with Crippen LogP contribution in [0.2, 0.25) is 0 Å².